The van der Waals surface area contributed by atoms with Crippen LogP contribution in [0, 0.1) is 16.0 Å². The summed E-state index contributed by atoms with van der Waals surface area (Å²) in [5.74, 6) is -0.632. The molecule has 1 aromatic rings. The van der Waals surface area contributed by atoms with Crippen LogP contribution in [0.1, 0.15) is 25.5 Å². The zero-order chi connectivity index (χ0) is 14.0. The fourth-order valence-corrected chi connectivity index (χ4v) is 2.06. The molecule has 0 unspecified atom stereocenters. The number of rotatable bonds is 4. The van der Waals surface area contributed by atoms with Crippen molar-refractivity contribution in [2.75, 3.05) is 0 Å². The second-order valence-electron chi connectivity index (χ2n) is 4.38. The number of aromatic hydroxyl groups is 1. The Morgan fingerprint density at radius 3 is 2.44 bits per heavy atom. The topological polar surface area (TPSA) is 110 Å². The van der Waals surface area contributed by atoms with E-state index in [9.17, 15) is 20.3 Å². The number of aliphatic hydroxyl groups excluding tert-OH is 1. The molecular weight excluding hydrogens is 304 g/mol. The lowest BCUT2D eigenvalue weighted by atomic mass is 9.93. The third-order valence-corrected chi connectivity index (χ3v) is 3.15. The average Bonchev–Trinajstić information content (AvgIpc) is 2.29. The minimum absolute atomic E-state index is 0.127. The molecular formula is C11H15BrN2O4. The molecule has 0 amide bonds. The lowest BCUT2D eigenvalue weighted by molar-refractivity contribution is -0.386. The van der Waals surface area contributed by atoms with E-state index in [0.29, 0.717) is 4.47 Å². The van der Waals surface area contributed by atoms with Crippen LogP contribution in [0.25, 0.3) is 0 Å². The van der Waals surface area contributed by atoms with Crippen LogP contribution in [0.2, 0.25) is 0 Å². The van der Waals surface area contributed by atoms with Gasteiger partial charge in [-0.15, -0.1) is 0 Å². The molecule has 0 aliphatic heterocycles. The van der Waals surface area contributed by atoms with Gasteiger partial charge in [-0.05, 0) is 12.0 Å². The maximum absolute atomic E-state index is 10.8. The molecule has 100 valence electrons. The SMILES string of the molecule is CC(C)[C@@H](O)[C@@H](N)c1cc(Br)cc([N+](=O)[O-])c1O. The second kappa shape index (κ2) is 5.64. The number of nitro benzene ring substituents is 1. The lowest BCUT2D eigenvalue weighted by Crippen LogP contribution is -2.30. The summed E-state index contributed by atoms with van der Waals surface area (Å²) in [4.78, 5) is 10.1. The lowest BCUT2D eigenvalue weighted by Gasteiger charge is -2.23. The zero-order valence-corrected chi connectivity index (χ0v) is 11.6. The van der Waals surface area contributed by atoms with E-state index < -0.39 is 28.5 Å². The largest absolute Gasteiger partial charge is 0.502 e. The van der Waals surface area contributed by atoms with Gasteiger partial charge in [0.25, 0.3) is 0 Å². The van der Waals surface area contributed by atoms with Crippen LogP contribution in [0.4, 0.5) is 5.69 Å². The summed E-state index contributed by atoms with van der Waals surface area (Å²) in [5, 5.41) is 30.5. The van der Waals surface area contributed by atoms with Gasteiger partial charge in [0.05, 0.1) is 17.1 Å². The monoisotopic (exact) mass is 318 g/mol. The molecule has 0 aromatic heterocycles. The van der Waals surface area contributed by atoms with Crippen LogP contribution in [-0.2, 0) is 0 Å². The summed E-state index contributed by atoms with van der Waals surface area (Å²) < 4.78 is 0.424. The summed E-state index contributed by atoms with van der Waals surface area (Å²) in [6.45, 7) is 3.54. The van der Waals surface area contributed by atoms with Gasteiger partial charge in [0, 0.05) is 16.1 Å². The summed E-state index contributed by atoms with van der Waals surface area (Å²) in [7, 11) is 0. The van der Waals surface area contributed by atoms with Gasteiger partial charge in [-0.2, -0.15) is 0 Å². The van der Waals surface area contributed by atoms with Crippen LogP contribution >= 0.6 is 15.9 Å². The molecule has 6 nitrogen and oxygen atoms in total. The molecule has 0 fully saturated rings. The Hall–Kier alpha value is -1.18. The molecule has 7 heteroatoms. The first-order chi connectivity index (χ1) is 8.25. The van der Waals surface area contributed by atoms with Crippen molar-refractivity contribution in [3.05, 3.63) is 32.3 Å². The van der Waals surface area contributed by atoms with Crippen LogP contribution in [0.3, 0.4) is 0 Å². The van der Waals surface area contributed by atoms with Gasteiger partial charge in [0.15, 0.2) is 5.75 Å². The summed E-state index contributed by atoms with van der Waals surface area (Å²) in [5.41, 5.74) is 5.54. The number of nitrogens with zero attached hydrogens (tertiary/aromatic N) is 1. The average molecular weight is 319 g/mol. The summed E-state index contributed by atoms with van der Waals surface area (Å²) >= 11 is 3.12. The second-order valence-corrected chi connectivity index (χ2v) is 5.30. The van der Waals surface area contributed by atoms with Crippen molar-refractivity contribution in [1.29, 1.82) is 0 Å². The Kier molecular flexibility index (Phi) is 4.66. The van der Waals surface area contributed by atoms with Crippen molar-refractivity contribution in [3.8, 4) is 5.75 Å². The molecule has 0 saturated carbocycles. The predicted octanol–water partition coefficient (Wildman–Crippen LogP) is 2.08. The number of benzene rings is 1. The fourth-order valence-electron chi connectivity index (χ4n) is 1.60. The van der Waals surface area contributed by atoms with E-state index in [-0.39, 0.29) is 11.5 Å². The number of aliphatic hydroxyl groups is 1. The highest BCUT2D eigenvalue weighted by Crippen LogP contribution is 2.37. The van der Waals surface area contributed by atoms with Crippen LogP contribution in [0.5, 0.6) is 5.75 Å². The maximum atomic E-state index is 10.8. The van der Waals surface area contributed by atoms with E-state index in [2.05, 4.69) is 15.9 Å². The van der Waals surface area contributed by atoms with Crippen molar-refractivity contribution in [2.45, 2.75) is 26.0 Å². The Balaban J connectivity index is 3.28. The predicted molar refractivity (Wildman–Crippen MR) is 70.2 cm³/mol. The normalized spacial score (nSPS) is 14.6. The van der Waals surface area contributed by atoms with E-state index in [1.807, 2.05) is 0 Å². The van der Waals surface area contributed by atoms with Crippen LogP contribution in [-0.4, -0.2) is 21.2 Å². The highest BCUT2D eigenvalue weighted by atomic mass is 79.9. The first-order valence-corrected chi connectivity index (χ1v) is 6.15. The molecule has 0 saturated heterocycles. The van der Waals surface area contributed by atoms with Gasteiger partial charge in [0.2, 0.25) is 0 Å². The smallest absolute Gasteiger partial charge is 0.312 e. The van der Waals surface area contributed by atoms with Gasteiger partial charge in [-0.3, -0.25) is 10.1 Å². The van der Waals surface area contributed by atoms with Gasteiger partial charge < -0.3 is 15.9 Å². The number of phenols is 1. The van der Waals surface area contributed by atoms with E-state index in [1.165, 1.54) is 12.1 Å². The minimum Gasteiger partial charge on any atom is -0.502 e. The number of hydrogen-bond donors (Lipinski definition) is 3. The van der Waals surface area contributed by atoms with Gasteiger partial charge in [0.1, 0.15) is 0 Å². The Bertz CT molecular complexity index is 465. The van der Waals surface area contributed by atoms with E-state index in [1.54, 1.807) is 13.8 Å². The van der Waals surface area contributed by atoms with Crippen LogP contribution < -0.4 is 5.73 Å². The zero-order valence-electron chi connectivity index (χ0n) is 10.0. The van der Waals surface area contributed by atoms with Gasteiger partial charge in [-0.25, -0.2) is 0 Å². The van der Waals surface area contributed by atoms with Crippen LogP contribution in [0.15, 0.2) is 16.6 Å². The third kappa shape index (κ3) is 2.98. The Labute approximate surface area is 113 Å². The third-order valence-electron chi connectivity index (χ3n) is 2.69. The molecule has 2 atom stereocenters. The molecule has 0 spiro atoms. The Morgan fingerprint density at radius 2 is 2.00 bits per heavy atom. The number of halogens is 1. The standard InChI is InChI=1S/C11H15BrN2O4/c1-5(2)10(15)9(13)7-3-6(12)4-8(11(7)16)14(17)18/h3-5,9-10,15-16H,13H2,1-2H3/t9-,10+/m0/s1. The fraction of sp³-hybridized carbons (Fsp3) is 0.455. The van der Waals surface area contributed by atoms with Crippen molar-refractivity contribution in [2.24, 2.45) is 11.7 Å². The van der Waals surface area contributed by atoms with Crippen molar-refractivity contribution in [1.82, 2.24) is 0 Å². The molecule has 4 N–H and O–H groups in total. The van der Waals surface area contributed by atoms with Gasteiger partial charge in [-0.1, -0.05) is 29.8 Å². The van der Waals surface area contributed by atoms with Gasteiger partial charge >= 0.3 is 5.69 Å². The van der Waals surface area contributed by atoms with Crippen molar-refractivity contribution in [3.63, 3.8) is 0 Å². The number of nitro groups is 1. The highest BCUT2D eigenvalue weighted by Gasteiger charge is 2.27. The van der Waals surface area contributed by atoms with E-state index in [4.69, 9.17) is 5.73 Å². The number of nitrogens with two attached hydrogens (primary N) is 1. The summed E-state index contributed by atoms with van der Waals surface area (Å²) in [6, 6.07) is 1.77. The molecule has 18 heavy (non-hydrogen) atoms. The molecule has 1 rings (SSSR count). The minimum atomic E-state index is -0.898. The maximum Gasteiger partial charge on any atom is 0.312 e. The van der Waals surface area contributed by atoms with E-state index >= 15 is 0 Å². The number of phenolic OH excluding ortho intramolecular Hbond substituents is 1. The highest BCUT2D eigenvalue weighted by molar-refractivity contribution is 9.10. The molecule has 0 aliphatic carbocycles. The molecule has 0 heterocycles. The Morgan fingerprint density at radius 1 is 1.44 bits per heavy atom. The first kappa shape index (κ1) is 14.9. The summed E-state index contributed by atoms with van der Waals surface area (Å²) in [6.07, 6.45) is -0.898. The molecule has 0 aliphatic rings. The quantitative estimate of drug-likeness (QED) is 0.581. The molecule has 1 aromatic carbocycles. The first-order valence-electron chi connectivity index (χ1n) is 5.36. The number of hydrogen-bond acceptors (Lipinski definition) is 5. The molecule has 0 radical (unpaired) electrons. The molecule has 0 bridgehead atoms. The van der Waals surface area contributed by atoms with E-state index in [0.717, 1.165) is 0 Å². The van der Waals surface area contributed by atoms with Crippen molar-refractivity contribution < 1.29 is 15.1 Å². The van der Waals surface area contributed by atoms with Crippen molar-refractivity contribution >= 4 is 21.6 Å².